The molecule has 0 saturated carbocycles. The third-order valence-corrected chi connectivity index (χ3v) is 4.73. The molecule has 0 bridgehead atoms. The highest BCUT2D eigenvalue weighted by atomic mass is 32.1. The predicted octanol–water partition coefficient (Wildman–Crippen LogP) is 2.97. The standard InChI is InChI=1S/C16H19N3OS/c1-10-3-4-12(7-11(10)2)14-9-21-16(18-14)19-15(20)13-5-6-17-8-13/h3-4,7,9,13,17H,5-6,8H2,1-2H3,(H,18,19,20). The SMILES string of the molecule is Cc1ccc(-c2csc(NC(=O)C3CCNC3)n2)cc1C. The van der Waals surface area contributed by atoms with Crippen molar-refractivity contribution in [3.05, 3.63) is 34.7 Å². The lowest BCUT2D eigenvalue weighted by Gasteiger charge is -2.06. The van der Waals surface area contributed by atoms with Crippen LogP contribution < -0.4 is 10.6 Å². The second-order valence-electron chi connectivity index (χ2n) is 5.52. The van der Waals surface area contributed by atoms with Gasteiger partial charge in [0.15, 0.2) is 5.13 Å². The highest BCUT2D eigenvalue weighted by molar-refractivity contribution is 7.14. The number of hydrogen-bond donors (Lipinski definition) is 2. The Kier molecular flexibility index (Phi) is 4.03. The van der Waals surface area contributed by atoms with Gasteiger partial charge < -0.3 is 10.6 Å². The lowest BCUT2D eigenvalue weighted by atomic mass is 10.1. The van der Waals surface area contributed by atoms with Crippen LogP contribution >= 0.6 is 11.3 Å². The summed E-state index contributed by atoms with van der Waals surface area (Å²) >= 11 is 1.48. The number of hydrogen-bond acceptors (Lipinski definition) is 4. The summed E-state index contributed by atoms with van der Waals surface area (Å²) < 4.78 is 0. The number of aromatic nitrogens is 1. The molecule has 1 unspecified atom stereocenters. The monoisotopic (exact) mass is 301 g/mol. The van der Waals surface area contributed by atoms with Crippen LogP contribution in [-0.4, -0.2) is 24.0 Å². The van der Waals surface area contributed by atoms with E-state index in [0.29, 0.717) is 5.13 Å². The topological polar surface area (TPSA) is 54.0 Å². The first-order valence-electron chi connectivity index (χ1n) is 7.18. The van der Waals surface area contributed by atoms with E-state index in [0.717, 1.165) is 30.8 Å². The van der Waals surface area contributed by atoms with Crippen LogP contribution in [0.3, 0.4) is 0 Å². The highest BCUT2D eigenvalue weighted by Crippen LogP contribution is 2.27. The Labute approximate surface area is 128 Å². The second kappa shape index (κ2) is 5.95. The largest absolute Gasteiger partial charge is 0.316 e. The summed E-state index contributed by atoms with van der Waals surface area (Å²) in [5, 5.41) is 8.81. The zero-order chi connectivity index (χ0) is 14.8. The molecule has 1 atom stereocenters. The molecule has 1 amide bonds. The first-order valence-corrected chi connectivity index (χ1v) is 8.06. The predicted molar refractivity (Wildman–Crippen MR) is 86.6 cm³/mol. The fraction of sp³-hybridized carbons (Fsp3) is 0.375. The van der Waals surface area contributed by atoms with Gasteiger partial charge in [0.1, 0.15) is 0 Å². The highest BCUT2D eigenvalue weighted by Gasteiger charge is 2.23. The Morgan fingerprint density at radius 2 is 2.24 bits per heavy atom. The lowest BCUT2D eigenvalue weighted by Crippen LogP contribution is -2.24. The van der Waals surface area contributed by atoms with E-state index in [2.05, 4.69) is 47.7 Å². The Morgan fingerprint density at radius 1 is 1.38 bits per heavy atom. The van der Waals surface area contributed by atoms with Gasteiger partial charge in [0.2, 0.25) is 5.91 Å². The summed E-state index contributed by atoms with van der Waals surface area (Å²) in [6.07, 6.45) is 0.904. The smallest absolute Gasteiger partial charge is 0.230 e. The summed E-state index contributed by atoms with van der Waals surface area (Å²) in [5.74, 6) is 0.139. The minimum absolute atomic E-state index is 0.0685. The number of nitrogens with zero attached hydrogens (tertiary/aromatic N) is 1. The van der Waals surface area contributed by atoms with Gasteiger partial charge in [-0.25, -0.2) is 4.98 Å². The molecule has 1 aliphatic heterocycles. The molecular weight excluding hydrogens is 282 g/mol. The lowest BCUT2D eigenvalue weighted by molar-refractivity contribution is -0.119. The third kappa shape index (κ3) is 3.14. The number of carbonyl (C=O) groups is 1. The van der Waals surface area contributed by atoms with Crippen molar-refractivity contribution in [2.45, 2.75) is 20.3 Å². The fourth-order valence-electron chi connectivity index (χ4n) is 2.45. The van der Waals surface area contributed by atoms with Gasteiger partial charge in [-0.1, -0.05) is 12.1 Å². The maximum atomic E-state index is 12.1. The Morgan fingerprint density at radius 3 is 2.95 bits per heavy atom. The van der Waals surface area contributed by atoms with Crippen LogP contribution in [-0.2, 0) is 4.79 Å². The fourth-order valence-corrected chi connectivity index (χ4v) is 3.17. The van der Waals surface area contributed by atoms with Crippen molar-refractivity contribution in [1.29, 1.82) is 0 Å². The summed E-state index contributed by atoms with van der Waals surface area (Å²) in [4.78, 5) is 16.6. The van der Waals surface area contributed by atoms with Crippen molar-refractivity contribution in [2.24, 2.45) is 5.92 Å². The van der Waals surface area contributed by atoms with Crippen LogP contribution in [0.4, 0.5) is 5.13 Å². The number of rotatable bonds is 3. The van der Waals surface area contributed by atoms with Crippen molar-refractivity contribution < 1.29 is 4.79 Å². The summed E-state index contributed by atoms with van der Waals surface area (Å²) in [5.41, 5.74) is 4.54. The van der Waals surface area contributed by atoms with E-state index < -0.39 is 0 Å². The second-order valence-corrected chi connectivity index (χ2v) is 6.37. The van der Waals surface area contributed by atoms with E-state index in [1.807, 2.05) is 5.38 Å². The van der Waals surface area contributed by atoms with Gasteiger partial charge in [0, 0.05) is 17.5 Å². The number of aryl methyl sites for hydroxylation is 2. The molecule has 5 heteroatoms. The van der Waals surface area contributed by atoms with Crippen LogP contribution in [0.1, 0.15) is 17.5 Å². The van der Waals surface area contributed by atoms with Crippen molar-refractivity contribution in [3.8, 4) is 11.3 Å². The molecule has 0 aliphatic carbocycles. The van der Waals surface area contributed by atoms with Crippen molar-refractivity contribution >= 4 is 22.4 Å². The number of thiazole rings is 1. The van der Waals surface area contributed by atoms with E-state index in [9.17, 15) is 4.79 Å². The first kappa shape index (κ1) is 14.2. The number of benzene rings is 1. The van der Waals surface area contributed by atoms with Gasteiger partial charge in [-0.15, -0.1) is 11.3 Å². The molecule has 1 aromatic carbocycles. The van der Waals surface area contributed by atoms with Gasteiger partial charge in [0.05, 0.1) is 11.6 Å². The molecule has 2 aromatic rings. The molecule has 0 spiro atoms. The zero-order valence-electron chi connectivity index (χ0n) is 12.3. The van der Waals surface area contributed by atoms with Crippen molar-refractivity contribution in [1.82, 2.24) is 10.3 Å². The molecule has 1 saturated heterocycles. The Bertz CT molecular complexity index is 659. The average Bonchev–Trinajstić information content (AvgIpc) is 3.12. The molecule has 110 valence electrons. The van der Waals surface area contributed by atoms with E-state index in [1.54, 1.807) is 0 Å². The number of anilines is 1. The quantitative estimate of drug-likeness (QED) is 0.916. The number of nitrogens with one attached hydrogen (secondary N) is 2. The summed E-state index contributed by atoms with van der Waals surface area (Å²) in [6.45, 7) is 5.88. The molecular formula is C16H19N3OS. The molecule has 21 heavy (non-hydrogen) atoms. The molecule has 1 fully saturated rings. The van der Waals surface area contributed by atoms with Gasteiger partial charge in [-0.3, -0.25) is 4.79 Å². The number of amides is 1. The van der Waals surface area contributed by atoms with E-state index in [-0.39, 0.29) is 11.8 Å². The average molecular weight is 301 g/mol. The minimum Gasteiger partial charge on any atom is -0.316 e. The van der Waals surface area contributed by atoms with Crippen LogP contribution in [0.2, 0.25) is 0 Å². The molecule has 2 heterocycles. The van der Waals surface area contributed by atoms with E-state index >= 15 is 0 Å². The number of carbonyl (C=O) groups excluding carboxylic acids is 1. The molecule has 1 aromatic heterocycles. The van der Waals surface area contributed by atoms with Crippen LogP contribution in [0, 0.1) is 19.8 Å². The summed E-state index contributed by atoms with van der Waals surface area (Å²) in [6, 6.07) is 6.31. The Balaban J connectivity index is 1.73. The molecule has 0 radical (unpaired) electrons. The van der Waals surface area contributed by atoms with Gasteiger partial charge >= 0.3 is 0 Å². The van der Waals surface area contributed by atoms with Crippen LogP contribution in [0.25, 0.3) is 11.3 Å². The molecule has 4 nitrogen and oxygen atoms in total. The normalized spacial score (nSPS) is 17.9. The molecule has 3 rings (SSSR count). The molecule has 1 aliphatic rings. The van der Waals surface area contributed by atoms with Crippen molar-refractivity contribution in [2.75, 3.05) is 18.4 Å². The van der Waals surface area contributed by atoms with Gasteiger partial charge in [0.25, 0.3) is 0 Å². The van der Waals surface area contributed by atoms with Crippen LogP contribution in [0.15, 0.2) is 23.6 Å². The zero-order valence-corrected chi connectivity index (χ0v) is 13.1. The van der Waals surface area contributed by atoms with Crippen molar-refractivity contribution in [3.63, 3.8) is 0 Å². The van der Waals surface area contributed by atoms with Crippen LogP contribution in [0.5, 0.6) is 0 Å². The maximum absolute atomic E-state index is 12.1. The summed E-state index contributed by atoms with van der Waals surface area (Å²) in [7, 11) is 0. The Hall–Kier alpha value is -1.72. The van der Waals surface area contributed by atoms with E-state index in [1.165, 1.54) is 22.5 Å². The van der Waals surface area contributed by atoms with Gasteiger partial charge in [-0.2, -0.15) is 0 Å². The third-order valence-electron chi connectivity index (χ3n) is 3.97. The van der Waals surface area contributed by atoms with Gasteiger partial charge in [-0.05, 0) is 44.0 Å². The van der Waals surface area contributed by atoms with E-state index in [4.69, 9.17) is 0 Å². The molecule has 2 N–H and O–H groups in total. The maximum Gasteiger partial charge on any atom is 0.230 e. The first-order chi connectivity index (χ1) is 10.1. The minimum atomic E-state index is 0.0685.